The average Bonchev–Trinajstić information content (AvgIpc) is 2.81. The predicted molar refractivity (Wildman–Crippen MR) is 80.9 cm³/mol. The molecule has 0 saturated carbocycles. The third kappa shape index (κ3) is 3.02. The molecule has 0 aliphatic carbocycles. The highest BCUT2D eigenvalue weighted by Crippen LogP contribution is 2.26. The predicted octanol–water partition coefficient (Wildman–Crippen LogP) is 3.27. The third-order valence-corrected chi connectivity index (χ3v) is 3.58. The highest BCUT2D eigenvalue weighted by atomic mass is 35.5. The summed E-state index contributed by atoms with van der Waals surface area (Å²) >= 11 is 6.16. The topological polar surface area (TPSA) is 46.9 Å². The molecule has 1 aromatic heterocycles. The number of nitrogens with zero attached hydrogens (tertiary/aromatic N) is 2. The van der Waals surface area contributed by atoms with Crippen LogP contribution in [0.4, 0.5) is 0 Å². The van der Waals surface area contributed by atoms with E-state index < -0.39 is 0 Å². The molecule has 0 fully saturated rings. The highest BCUT2D eigenvalue weighted by molar-refractivity contribution is 6.33. The van der Waals surface area contributed by atoms with Crippen LogP contribution in [0.25, 0.3) is 11.3 Å². The van der Waals surface area contributed by atoms with Gasteiger partial charge >= 0.3 is 0 Å². The molecule has 0 spiro atoms. The van der Waals surface area contributed by atoms with Crippen LogP contribution in [-0.4, -0.2) is 21.7 Å². The summed E-state index contributed by atoms with van der Waals surface area (Å²) in [4.78, 5) is 12.2. The quantitative estimate of drug-likeness (QED) is 0.940. The zero-order chi connectivity index (χ0) is 14.7. The fraction of sp³-hybridized carbons (Fsp3) is 0.333. The van der Waals surface area contributed by atoms with Crippen molar-refractivity contribution in [2.75, 3.05) is 0 Å². The van der Waals surface area contributed by atoms with E-state index in [1.807, 2.05) is 38.1 Å². The summed E-state index contributed by atoms with van der Waals surface area (Å²) in [7, 11) is 1.76. The van der Waals surface area contributed by atoms with Crippen molar-refractivity contribution in [3.8, 4) is 11.3 Å². The Balaban J connectivity index is 2.31. The van der Waals surface area contributed by atoms with Crippen LogP contribution >= 0.6 is 11.6 Å². The smallest absolute Gasteiger partial charge is 0.269 e. The lowest BCUT2D eigenvalue weighted by Gasteiger charge is -2.10. The molecule has 106 valence electrons. The molecule has 0 saturated heterocycles. The highest BCUT2D eigenvalue weighted by Gasteiger charge is 2.16. The minimum absolute atomic E-state index is 0.118. The molecular weight excluding hydrogens is 274 g/mol. The van der Waals surface area contributed by atoms with Crippen molar-refractivity contribution < 1.29 is 4.79 Å². The van der Waals surface area contributed by atoms with Gasteiger partial charge in [-0.1, -0.05) is 36.7 Å². The van der Waals surface area contributed by atoms with Crippen molar-refractivity contribution in [2.24, 2.45) is 7.05 Å². The lowest BCUT2D eigenvalue weighted by Crippen LogP contribution is -2.33. The Morgan fingerprint density at radius 2 is 2.15 bits per heavy atom. The van der Waals surface area contributed by atoms with E-state index in [-0.39, 0.29) is 11.9 Å². The molecule has 0 aliphatic rings. The second kappa shape index (κ2) is 6.09. The SMILES string of the molecule is CCC(C)NC(=O)c1cc(-c2ccccc2Cl)nn1C. The number of rotatable bonds is 4. The fourth-order valence-corrected chi connectivity index (χ4v) is 2.11. The minimum Gasteiger partial charge on any atom is -0.348 e. The number of aryl methyl sites for hydroxylation is 1. The maximum Gasteiger partial charge on any atom is 0.269 e. The van der Waals surface area contributed by atoms with Gasteiger partial charge in [-0.3, -0.25) is 9.48 Å². The Bertz CT molecular complexity index is 621. The first kappa shape index (κ1) is 14.6. The summed E-state index contributed by atoms with van der Waals surface area (Å²) in [6.45, 7) is 4.01. The van der Waals surface area contributed by atoms with Crippen LogP contribution in [0.1, 0.15) is 30.8 Å². The van der Waals surface area contributed by atoms with Crippen LogP contribution in [0.2, 0.25) is 5.02 Å². The number of benzene rings is 1. The van der Waals surface area contributed by atoms with Gasteiger partial charge in [0.2, 0.25) is 0 Å². The number of carbonyl (C=O) groups excluding carboxylic acids is 1. The second-order valence-electron chi connectivity index (χ2n) is 4.80. The van der Waals surface area contributed by atoms with E-state index in [0.29, 0.717) is 16.4 Å². The number of amides is 1. The maximum absolute atomic E-state index is 12.2. The van der Waals surface area contributed by atoms with Crippen molar-refractivity contribution in [3.63, 3.8) is 0 Å². The Morgan fingerprint density at radius 1 is 1.45 bits per heavy atom. The van der Waals surface area contributed by atoms with E-state index in [0.717, 1.165) is 12.0 Å². The van der Waals surface area contributed by atoms with Crippen LogP contribution < -0.4 is 5.32 Å². The molecule has 2 aromatic rings. The fourth-order valence-electron chi connectivity index (χ4n) is 1.88. The van der Waals surface area contributed by atoms with Gasteiger partial charge in [-0.2, -0.15) is 5.10 Å². The average molecular weight is 292 g/mol. The molecule has 2 rings (SSSR count). The van der Waals surface area contributed by atoms with Gasteiger partial charge in [0.1, 0.15) is 5.69 Å². The summed E-state index contributed by atoms with van der Waals surface area (Å²) in [6, 6.07) is 9.37. The van der Waals surface area contributed by atoms with E-state index >= 15 is 0 Å². The molecule has 0 bridgehead atoms. The van der Waals surface area contributed by atoms with Crippen LogP contribution in [0.5, 0.6) is 0 Å². The summed E-state index contributed by atoms with van der Waals surface area (Å²) in [5.74, 6) is -0.118. The molecule has 0 aliphatic heterocycles. The number of hydrogen-bond acceptors (Lipinski definition) is 2. The van der Waals surface area contributed by atoms with Crippen molar-refractivity contribution >= 4 is 17.5 Å². The molecular formula is C15H18ClN3O. The monoisotopic (exact) mass is 291 g/mol. The van der Waals surface area contributed by atoms with Crippen molar-refractivity contribution in [1.82, 2.24) is 15.1 Å². The summed E-state index contributed by atoms with van der Waals surface area (Å²) in [6.07, 6.45) is 0.890. The minimum atomic E-state index is -0.118. The molecule has 20 heavy (non-hydrogen) atoms. The Morgan fingerprint density at radius 3 is 2.80 bits per heavy atom. The first-order valence-electron chi connectivity index (χ1n) is 6.62. The van der Waals surface area contributed by atoms with Crippen LogP contribution in [0.15, 0.2) is 30.3 Å². The van der Waals surface area contributed by atoms with Crippen LogP contribution in [0, 0.1) is 0 Å². The molecule has 1 N–H and O–H groups in total. The summed E-state index contributed by atoms with van der Waals surface area (Å²) < 4.78 is 1.58. The van der Waals surface area contributed by atoms with Gasteiger partial charge in [0, 0.05) is 18.7 Å². The number of halogens is 1. The van der Waals surface area contributed by atoms with E-state index in [2.05, 4.69) is 10.4 Å². The van der Waals surface area contributed by atoms with E-state index in [4.69, 9.17) is 11.6 Å². The van der Waals surface area contributed by atoms with E-state index in [1.54, 1.807) is 17.8 Å². The second-order valence-corrected chi connectivity index (χ2v) is 5.21. The summed E-state index contributed by atoms with van der Waals surface area (Å²) in [5, 5.41) is 7.93. The number of carbonyl (C=O) groups is 1. The van der Waals surface area contributed by atoms with Gasteiger partial charge in [0.25, 0.3) is 5.91 Å². The molecule has 0 radical (unpaired) electrons. The lowest BCUT2D eigenvalue weighted by molar-refractivity contribution is 0.0930. The molecule has 5 heteroatoms. The van der Waals surface area contributed by atoms with E-state index in [1.165, 1.54) is 0 Å². The molecule has 1 atom stereocenters. The van der Waals surface area contributed by atoms with Crippen LogP contribution in [0.3, 0.4) is 0 Å². The lowest BCUT2D eigenvalue weighted by atomic mass is 10.1. The zero-order valence-electron chi connectivity index (χ0n) is 11.9. The first-order valence-corrected chi connectivity index (χ1v) is 7.00. The van der Waals surface area contributed by atoms with E-state index in [9.17, 15) is 4.79 Å². The number of aromatic nitrogens is 2. The zero-order valence-corrected chi connectivity index (χ0v) is 12.6. The number of hydrogen-bond donors (Lipinski definition) is 1. The molecule has 4 nitrogen and oxygen atoms in total. The Labute approximate surface area is 123 Å². The van der Waals surface area contributed by atoms with Gasteiger partial charge in [0.15, 0.2) is 0 Å². The normalized spacial score (nSPS) is 12.2. The van der Waals surface area contributed by atoms with Gasteiger partial charge in [-0.15, -0.1) is 0 Å². The molecule has 1 amide bonds. The largest absolute Gasteiger partial charge is 0.348 e. The van der Waals surface area contributed by atoms with Gasteiger partial charge in [0.05, 0.1) is 10.7 Å². The Hall–Kier alpha value is -1.81. The standard InChI is InChI=1S/C15H18ClN3O/c1-4-10(2)17-15(20)14-9-13(18-19(14)3)11-7-5-6-8-12(11)16/h5-10H,4H2,1-3H3,(H,17,20). The number of nitrogens with one attached hydrogen (secondary N) is 1. The van der Waals surface area contributed by atoms with Gasteiger partial charge < -0.3 is 5.32 Å². The van der Waals surface area contributed by atoms with Crippen molar-refractivity contribution in [1.29, 1.82) is 0 Å². The maximum atomic E-state index is 12.2. The van der Waals surface area contributed by atoms with Crippen molar-refractivity contribution in [2.45, 2.75) is 26.3 Å². The van der Waals surface area contributed by atoms with Crippen LogP contribution in [-0.2, 0) is 7.05 Å². The molecule has 1 unspecified atom stereocenters. The van der Waals surface area contributed by atoms with Gasteiger partial charge in [-0.25, -0.2) is 0 Å². The summed E-state index contributed by atoms with van der Waals surface area (Å²) in [5.41, 5.74) is 2.06. The Kier molecular flexibility index (Phi) is 4.45. The first-order chi connectivity index (χ1) is 9.52. The van der Waals surface area contributed by atoms with Gasteiger partial charge in [-0.05, 0) is 25.5 Å². The van der Waals surface area contributed by atoms with Crippen molar-refractivity contribution in [3.05, 3.63) is 41.0 Å². The molecule has 1 aromatic carbocycles. The molecule has 1 heterocycles. The third-order valence-electron chi connectivity index (χ3n) is 3.25.